The van der Waals surface area contributed by atoms with E-state index in [9.17, 15) is 18.4 Å². The molecule has 0 aliphatic heterocycles. The first-order valence-electron chi connectivity index (χ1n) is 9.64. The third kappa shape index (κ3) is 4.06. The van der Waals surface area contributed by atoms with Gasteiger partial charge in [0.1, 0.15) is 5.82 Å². The number of carbonyl (C=O) groups excluding carboxylic acids is 2. The van der Waals surface area contributed by atoms with Crippen LogP contribution in [0.15, 0.2) is 36.4 Å². The summed E-state index contributed by atoms with van der Waals surface area (Å²) >= 11 is 0. The third-order valence-electron chi connectivity index (χ3n) is 5.13. The van der Waals surface area contributed by atoms with Crippen LogP contribution in [0.1, 0.15) is 41.9 Å². The van der Waals surface area contributed by atoms with Crippen LogP contribution in [-0.4, -0.2) is 29.7 Å². The smallest absolute Gasteiger partial charge is 0.310 e. The predicted octanol–water partition coefficient (Wildman–Crippen LogP) is 4.81. The summed E-state index contributed by atoms with van der Waals surface area (Å²) in [7, 11) is 1.34. The number of esters is 1. The van der Waals surface area contributed by atoms with Crippen molar-refractivity contribution >= 4 is 22.8 Å². The zero-order valence-corrected chi connectivity index (χ0v) is 17.3. The fraction of sp³-hybridized carbons (Fsp3) is 0.304. The van der Waals surface area contributed by atoms with Gasteiger partial charge in [-0.2, -0.15) is 0 Å². The lowest BCUT2D eigenvalue weighted by atomic mass is 10.1. The van der Waals surface area contributed by atoms with E-state index in [2.05, 4.69) is 0 Å². The summed E-state index contributed by atoms with van der Waals surface area (Å²) in [5.74, 6) is -1.99. The number of halogens is 2. The van der Waals surface area contributed by atoms with Gasteiger partial charge in [0.25, 0.3) is 5.91 Å². The molecule has 5 nitrogen and oxygen atoms in total. The van der Waals surface area contributed by atoms with Crippen LogP contribution >= 0.6 is 0 Å². The van der Waals surface area contributed by atoms with Gasteiger partial charge in [-0.1, -0.05) is 6.92 Å². The molecule has 1 aromatic heterocycles. The first kappa shape index (κ1) is 21.5. The molecule has 0 saturated heterocycles. The van der Waals surface area contributed by atoms with Gasteiger partial charge in [-0.3, -0.25) is 14.2 Å². The molecule has 0 spiro atoms. The summed E-state index contributed by atoms with van der Waals surface area (Å²) in [6, 6.07) is 7.76. The molecular formula is C23H23F2NO4. The number of carbonyl (C=O) groups is 2. The highest BCUT2D eigenvalue weighted by molar-refractivity contribution is 6.05. The van der Waals surface area contributed by atoms with Crippen LogP contribution in [0.25, 0.3) is 10.9 Å². The van der Waals surface area contributed by atoms with Crippen LogP contribution in [0.2, 0.25) is 0 Å². The van der Waals surface area contributed by atoms with E-state index >= 15 is 0 Å². The Balaban J connectivity index is 2.16. The van der Waals surface area contributed by atoms with Crippen LogP contribution < -0.4 is 4.74 Å². The van der Waals surface area contributed by atoms with Gasteiger partial charge in [0.2, 0.25) is 0 Å². The highest BCUT2D eigenvalue weighted by atomic mass is 19.1. The third-order valence-corrected chi connectivity index (χ3v) is 5.13. The lowest BCUT2D eigenvalue weighted by Gasteiger charge is -2.11. The van der Waals surface area contributed by atoms with Crippen molar-refractivity contribution in [3.63, 3.8) is 0 Å². The molecule has 0 radical (unpaired) electrons. The minimum absolute atomic E-state index is 0.00502. The SMILES string of the molecule is CC[C@@H](C)OC(=O)Cc1c(C)n(C(=O)c2ccc(F)cc2)c2cc(F)c(OC)cc12. The summed E-state index contributed by atoms with van der Waals surface area (Å²) < 4.78 is 39.5. The standard InChI is InChI=1S/C23H23F2NO4/c1-5-13(2)30-22(27)11-17-14(3)26(23(28)15-6-8-16(24)9-7-15)20-12-19(25)21(29-4)10-18(17)20/h6-10,12-13H,5,11H2,1-4H3/t13-/m1/s1. The maximum atomic E-state index is 14.4. The molecule has 7 heteroatoms. The molecule has 158 valence electrons. The van der Waals surface area contributed by atoms with Crippen LogP contribution in [-0.2, 0) is 16.0 Å². The Bertz CT molecular complexity index is 1100. The fourth-order valence-corrected chi connectivity index (χ4v) is 3.34. The van der Waals surface area contributed by atoms with Crippen molar-refractivity contribution in [2.24, 2.45) is 0 Å². The molecule has 3 aromatic rings. The Morgan fingerprint density at radius 2 is 1.80 bits per heavy atom. The van der Waals surface area contributed by atoms with Gasteiger partial charge >= 0.3 is 5.97 Å². The Hall–Kier alpha value is -3.22. The van der Waals surface area contributed by atoms with Crippen LogP contribution in [0.5, 0.6) is 5.75 Å². The van der Waals surface area contributed by atoms with Gasteiger partial charge < -0.3 is 9.47 Å². The van der Waals surface area contributed by atoms with Gasteiger partial charge in [0.15, 0.2) is 11.6 Å². The number of methoxy groups -OCH3 is 1. The zero-order chi connectivity index (χ0) is 22.0. The fourth-order valence-electron chi connectivity index (χ4n) is 3.34. The average molecular weight is 415 g/mol. The quantitative estimate of drug-likeness (QED) is 0.542. The second-order valence-corrected chi connectivity index (χ2v) is 7.10. The van der Waals surface area contributed by atoms with Gasteiger partial charge in [0, 0.05) is 22.7 Å². The molecule has 2 aromatic carbocycles. The second kappa shape index (κ2) is 8.65. The summed E-state index contributed by atoms with van der Waals surface area (Å²) in [5, 5.41) is 0.516. The van der Waals surface area contributed by atoms with E-state index in [1.807, 2.05) is 6.92 Å². The van der Waals surface area contributed by atoms with Crippen molar-refractivity contribution in [1.29, 1.82) is 0 Å². The minimum Gasteiger partial charge on any atom is -0.494 e. The van der Waals surface area contributed by atoms with E-state index in [1.165, 1.54) is 48.1 Å². The Kier molecular flexibility index (Phi) is 6.20. The topological polar surface area (TPSA) is 57.5 Å². The Morgan fingerprint density at radius 3 is 2.40 bits per heavy atom. The van der Waals surface area contributed by atoms with Crippen molar-refractivity contribution in [1.82, 2.24) is 4.57 Å². The van der Waals surface area contributed by atoms with Gasteiger partial charge in [-0.15, -0.1) is 0 Å². The van der Waals surface area contributed by atoms with Gasteiger partial charge in [-0.25, -0.2) is 8.78 Å². The monoisotopic (exact) mass is 415 g/mol. The molecule has 30 heavy (non-hydrogen) atoms. The lowest BCUT2D eigenvalue weighted by Crippen LogP contribution is -2.17. The molecule has 0 fully saturated rings. The molecule has 0 amide bonds. The van der Waals surface area contributed by atoms with E-state index in [4.69, 9.17) is 9.47 Å². The van der Waals surface area contributed by atoms with Crippen molar-refractivity contribution < 1.29 is 27.8 Å². The molecule has 0 unspecified atom stereocenters. The van der Waals surface area contributed by atoms with Crippen LogP contribution in [0.4, 0.5) is 8.78 Å². The number of rotatable bonds is 6. The van der Waals surface area contributed by atoms with E-state index in [-0.39, 0.29) is 23.8 Å². The van der Waals surface area contributed by atoms with Crippen LogP contribution in [0.3, 0.4) is 0 Å². The summed E-state index contributed by atoms with van der Waals surface area (Å²) in [4.78, 5) is 25.6. The predicted molar refractivity (Wildman–Crippen MR) is 109 cm³/mol. The maximum absolute atomic E-state index is 14.4. The number of hydrogen-bond acceptors (Lipinski definition) is 4. The number of ether oxygens (including phenoxy) is 2. The summed E-state index contributed by atoms with van der Waals surface area (Å²) in [5.41, 5.74) is 1.56. The number of aromatic nitrogens is 1. The molecule has 0 N–H and O–H groups in total. The largest absolute Gasteiger partial charge is 0.494 e. The number of fused-ring (bicyclic) bond motifs is 1. The van der Waals surface area contributed by atoms with E-state index in [1.54, 1.807) is 13.8 Å². The van der Waals surface area contributed by atoms with Crippen LogP contribution in [0, 0.1) is 18.6 Å². The van der Waals surface area contributed by atoms with E-state index in [0.717, 1.165) is 0 Å². The molecule has 0 saturated carbocycles. The highest BCUT2D eigenvalue weighted by Crippen LogP contribution is 2.32. The molecule has 0 aliphatic carbocycles. The number of nitrogens with zero attached hydrogens (tertiary/aromatic N) is 1. The van der Waals surface area contributed by atoms with Gasteiger partial charge in [-0.05, 0) is 56.2 Å². The lowest BCUT2D eigenvalue weighted by molar-refractivity contribution is -0.147. The highest BCUT2D eigenvalue weighted by Gasteiger charge is 2.24. The van der Waals surface area contributed by atoms with E-state index < -0.39 is 23.5 Å². The summed E-state index contributed by atoms with van der Waals surface area (Å²) in [6.45, 7) is 5.38. The molecule has 0 aliphatic rings. The maximum Gasteiger partial charge on any atom is 0.310 e. The second-order valence-electron chi connectivity index (χ2n) is 7.10. The molecule has 0 bridgehead atoms. The molecular weight excluding hydrogens is 392 g/mol. The number of hydrogen-bond donors (Lipinski definition) is 0. The molecule has 1 atom stereocenters. The Morgan fingerprint density at radius 1 is 1.13 bits per heavy atom. The summed E-state index contributed by atoms with van der Waals surface area (Å²) in [6.07, 6.45) is 0.360. The number of benzene rings is 2. The van der Waals surface area contributed by atoms with Gasteiger partial charge in [0.05, 0.1) is 25.2 Å². The minimum atomic E-state index is -0.635. The average Bonchev–Trinajstić information content (AvgIpc) is 2.97. The van der Waals surface area contributed by atoms with Crippen molar-refractivity contribution in [3.8, 4) is 5.75 Å². The zero-order valence-electron chi connectivity index (χ0n) is 17.3. The first-order valence-corrected chi connectivity index (χ1v) is 9.64. The molecule has 3 rings (SSSR count). The Labute approximate surface area is 173 Å². The first-order chi connectivity index (χ1) is 14.3. The normalized spacial score (nSPS) is 12.1. The van der Waals surface area contributed by atoms with Crippen molar-refractivity contribution in [2.45, 2.75) is 39.7 Å². The molecule has 1 heterocycles. The van der Waals surface area contributed by atoms with Crippen molar-refractivity contribution in [3.05, 3.63) is 64.9 Å². The van der Waals surface area contributed by atoms with E-state index in [0.29, 0.717) is 28.6 Å². The van der Waals surface area contributed by atoms with Crippen molar-refractivity contribution in [2.75, 3.05) is 7.11 Å².